The zero-order chi connectivity index (χ0) is 17.1. The fraction of sp³-hybridized carbons (Fsp3) is 0.182. The van der Waals surface area contributed by atoms with Gasteiger partial charge in [0.1, 0.15) is 5.82 Å². The summed E-state index contributed by atoms with van der Waals surface area (Å²) in [6, 6.07) is 17.5. The van der Waals surface area contributed by atoms with Crippen LogP contribution in [0.4, 0.5) is 0 Å². The molecule has 2 aromatic carbocycles. The van der Waals surface area contributed by atoms with Crippen LogP contribution in [0, 0.1) is 20.8 Å². The third-order valence-corrected chi connectivity index (χ3v) is 5.12. The second kappa shape index (κ2) is 5.03. The van der Waals surface area contributed by atoms with E-state index in [9.17, 15) is 0 Å². The summed E-state index contributed by atoms with van der Waals surface area (Å²) in [5.74, 6) is 1.06. The van der Waals surface area contributed by atoms with Crippen LogP contribution in [-0.2, 0) is 6.67 Å². The first kappa shape index (κ1) is 14.4. The minimum atomic E-state index is 0.777. The van der Waals surface area contributed by atoms with E-state index in [0.717, 1.165) is 18.0 Å². The molecule has 122 valence electrons. The highest BCUT2D eigenvalue weighted by Crippen LogP contribution is 2.35. The monoisotopic (exact) mass is 326 g/mol. The normalized spacial score (nSPS) is 12.4. The number of rotatable bonds is 0. The molecule has 0 radical (unpaired) electrons. The summed E-state index contributed by atoms with van der Waals surface area (Å²) in [5, 5.41) is 0. The van der Waals surface area contributed by atoms with Crippen LogP contribution in [0.15, 0.2) is 54.7 Å². The van der Waals surface area contributed by atoms with Gasteiger partial charge in [0.2, 0.25) is 12.4 Å². The molecule has 2 aromatic heterocycles. The minimum absolute atomic E-state index is 0.777. The van der Waals surface area contributed by atoms with E-state index in [0.29, 0.717) is 0 Å². The average molecular weight is 326 g/mol. The predicted octanol–water partition coefficient (Wildman–Crippen LogP) is 4.40. The van der Waals surface area contributed by atoms with Crippen LogP contribution in [-0.4, -0.2) is 9.55 Å². The highest BCUT2D eigenvalue weighted by molar-refractivity contribution is 5.87. The Bertz CT molecular complexity index is 1150. The van der Waals surface area contributed by atoms with Gasteiger partial charge in [-0.25, -0.2) is 4.98 Å². The number of aromatic nitrogens is 3. The molecule has 25 heavy (non-hydrogen) atoms. The Labute approximate surface area is 147 Å². The number of pyridine rings is 1. The first-order valence-electron chi connectivity index (χ1n) is 8.69. The Hall–Kier alpha value is -2.94. The summed E-state index contributed by atoms with van der Waals surface area (Å²) >= 11 is 0. The Morgan fingerprint density at radius 2 is 1.72 bits per heavy atom. The number of aryl methyl sites for hydroxylation is 3. The molecule has 1 aliphatic rings. The van der Waals surface area contributed by atoms with Gasteiger partial charge in [0, 0.05) is 17.7 Å². The van der Waals surface area contributed by atoms with E-state index < -0.39 is 0 Å². The number of hydrogen-bond donors (Lipinski definition) is 0. The van der Waals surface area contributed by atoms with Crippen LogP contribution >= 0.6 is 0 Å². The van der Waals surface area contributed by atoms with Crippen molar-refractivity contribution in [2.24, 2.45) is 0 Å². The molecule has 0 unspecified atom stereocenters. The number of imidazole rings is 1. The Morgan fingerprint density at radius 3 is 2.56 bits per heavy atom. The number of fused-ring (bicyclic) bond motifs is 7. The van der Waals surface area contributed by atoms with Crippen molar-refractivity contribution >= 4 is 11.0 Å². The molecule has 0 fully saturated rings. The molecular weight excluding hydrogens is 306 g/mol. The largest absolute Gasteiger partial charge is 0.267 e. The third-order valence-electron chi connectivity index (χ3n) is 5.12. The van der Waals surface area contributed by atoms with Crippen LogP contribution in [0.5, 0.6) is 0 Å². The standard InChI is InChI=1S/C22H20N3/c1-14-8-9-24-13-25-20-12-15(2)10-16(3)21(20)23-22(25)18-7-5-4-6-17(18)19(24)11-14/h4-12H,13H2,1-3H3/q+1. The number of nitrogens with zero attached hydrogens (tertiary/aromatic N) is 3. The molecule has 0 bridgehead atoms. The maximum Gasteiger partial charge on any atom is 0.229 e. The van der Waals surface area contributed by atoms with E-state index >= 15 is 0 Å². The van der Waals surface area contributed by atoms with E-state index in [-0.39, 0.29) is 0 Å². The van der Waals surface area contributed by atoms with Crippen LogP contribution in [0.2, 0.25) is 0 Å². The van der Waals surface area contributed by atoms with Gasteiger partial charge in [0.05, 0.1) is 16.6 Å². The van der Waals surface area contributed by atoms with Gasteiger partial charge in [-0.1, -0.05) is 24.3 Å². The lowest BCUT2D eigenvalue weighted by molar-refractivity contribution is -0.689. The highest BCUT2D eigenvalue weighted by atomic mass is 15.2. The van der Waals surface area contributed by atoms with E-state index in [1.165, 1.54) is 39.0 Å². The molecule has 0 saturated carbocycles. The predicted molar refractivity (Wildman–Crippen MR) is 100 cm³/mol. The van der Waals surface area contributed by atoms with Gasteiger partial charge in [-0.3, -0.25) is 4.57 Å². The average Bonchev–Trinajstić information content (AvgIpc) is 2.88. The van der Waals surface area contributed by atoms with E-state index in [1.54, 1.807) is 0 Å². The van der Waals surface area contributed by atoms with Crippen LogP contribution < -0.4 is 4.57 Å². The van der Waals surface area contributed by atoms with Gasteiger partial charge in [-0.05, 0) is 49.6 Å². The lowest BCUT2D eigenvalue weighted by Crippen LogP contribution is -2.38. The highest BCUT2D eigenvalue weighted by Gasteiger charge is 2.27. The molecule has 0 aliphatic carbocycles. The second-order valence-electron chi connectivity index (χ2n) is 7.06. The van der Waals surface area contributed by atoms with Crippen molar-refractivity contribution in [2.75, 3.05) is 0 Å². The van der Waals surface area contributed by atoms with Crippen molar-refractivity contribution in [3.63, 3.8) is 0 Å². The second-order valence-corrected chi connectivity index (χ2v) is 7.06. The summed E-state index contributed by atoms with van der Waals surface area (Å²) in [7, 11) is 0. The van der Waals surface area contributed by atoms with Gasteiger partial charge in [-0.2, -0.15) is 4.57 Å². The van der Waals surface area contributed by atoms with Crippen molar-refractivity contribution in [2.45, 2.75) is 27.4 Å². The molecular formula is C22H20N3+. The van der Waals surface area contributed by atoms with Crippen LogP contribution in [0.1, 0.15) is 16.7 Å². The SMILES string of the molecule is Cc1cc[n+]2c(c1)-c1ccccc1-c1nc3c(C)cc(C)cc3n1C2. The first-order chi connectivity index (χ1) is 12.1. The van der Waals surface area contributed by atoms with Crippen LogP contribution in [0.3, 0.4) is 0 Å². The summed E-state index contributed by atoms with van der Waals surface area (Å²) in [5.41, 5.74) is 9.80. The van der Waals surface area contributed by atoms with Crippen molar-refractivity contribution in [1.82, 2.24) is 9.55 Å². The molecule has 0 spiro atoms. The molecule has 3 heterocycles. The topological polar surface area (TPSA) is 21.7 Å². The summed E-state index contributed by atoms with van der Waals surface area (Å²) in [4.78, 5) is 5.05. The lowest BCUT2D eigenvalue weighted by Gasteiger charge is -2.05. The molecule has 5 rings (SSSR count). The summed E-state index contributed by atoms with van der Waals surface area (Å²) in [6.45, 7) is 7.23. The van der Waals surface area contributed by atoms with E-state index in [2.05, 4.69) is 84.6 Å². The van der Waals surface area contributed by atoms with Gasteiger partial charge in [0.25, 0.3) is 0 Å². The minimum Gasteiger partial charge on any atom is -0.267 e. The Kier molecular flexibility index (Phi) is 2.90. The van der Waals surface area contributed by atoms with E-state index in [4.69, 9.17) is 4.98 Å². The smallest absolute Gasteiger partial charge is 0.229 e. The van der Waals surface area contributed by atoms with Crippen molar-refractivity contribution < 1.29 is 4.57 Å². The molecule has 0 atom stereocenters. The maximum atomic E-state index is 5.05. The first-order valence-corrected chi connectivity index (χ1v) is 8.69. The van der Waals surface area contributed by atoms with Crippen LogP contribution in [0.25, 0.3) is 33.7 Å². The summed E-state index contributed by atoms with van der Waals surface area (Å²) < 4.78 is 4.67. The zero-order valence-electron chi connectivity index (χ0n) is 14.7. The number of hydrogen-bond acceptors (Lipinski definition) is 1. The van der Waals surface area contributed by atoms with Gasteiger partial charge >= 0.3 is 0 Å². The van der Waals surface area contributed by atoms with Gasteiger partial charge in [0.15, 0.2) is 6.20 Å². The molecule has 3 nitrogen and oxygen atoms in total. The van der Waals surface area contributed by atoms with Gasteiger partial charge < -0.3 is 0 Å². The molecule has 3 heteroatoms. The van der Waals surface area contributed by atoms with Crippen molar-refractivity contribution in [1.29, 1.82) is 0 Å². The Morgan fingerprint density at radius 1 is 0.920 bits per heavy atom. The Balaban J connectivity index is 1.93. The molecule has 0 N–H and O–H groups in total. The fourth-order valence-corrected chi connectivity index (χ4v) is 3.96. The number of benzene rings is 2. The maximum absolute atomic E-state index is 5.05. The summed E-state index contributed by atoms with van der Waals surface area (Å²) in [6.07, 6.45) is 2.19. The molecule has 1 aliphatic heterocycles. The molecule has 4 aromatic rings. The lowest BCUT2D eigenvalue weighted by atomic mass is 10.0. The van der Waals surface area contributed by atoms with Gasteiger partial charge in [-0.15, -0.1) is 0 Å². The molecule has 0 amide bonds. The van der Waals surface area contributed by atoms with Crippen molar-refractivity contribution in [3.05, 3.63) is 71.4 Å². The fourth-order valence-electron chi connectivity index (χ4n) is 3.96. The zero-order valence-corrected chi connectivity index (χ0v) is 14.7. The van der Waals surface area contributed by atoms with E-state index in [1.807, 2.05) is 0 Å². The third kappa shape index (κ3) is 2.05. The quantitative estimate of drug-likeness (QED) is 0.387. The molecule has 0 saturated heterocycles. The van der Waals surface area contributed by atoms with Crippen molar-refractivity contribution in [3.8, 4) is 22.6 Å².